The van der Waals surface area contributed by atoms with E-state index in [9.17, 15) is 23.1 Å². The van der Waals surface area contributed by atoms with Crippen molar-refractivity contribution < 1.29 is 23.1 Å². The van der Waals surface area contributed by atoms with Crippen molar-refractivity contribution in [1.82, 2.24) is 15.6 Å². The molecule has 0 saturated heterocycles. The van der Waals surface area contributed by atoms with Gasteiger partial charge in [0.05, 0.1) is 6.10 Å². The van der Waals surface area contributed by atoms with Gasteiger partial charge in [-0.15, -0.1) is 0 Å². The Bertz CT molecular complexity index is 507. The number of alkyl halides is 3. The van der Waals surface area contributed by atoms with Crippen LogP contribution < -0.4 is 10.6 Å². The number of nitrogens with one attached hydrogen (secondary N) is 2. The van der Waals surface area contributed by atoms with E-state index in [-0.39, 0.29) is 12.5 Å². The minimum atomic E-state index is -4.51. The Morgan fingerprint density at radius 1 is 1.39 bits per heavy atom. The van der Waals surface area contributed by atoms with E-state index in [1.54, 1.807) is 6.92 Å². The van der Waals surface area contributed by atoms with Crippen LogP contribution in [0.4, 0.5) is 18.0 Å². The fourth-order valence-electron chi connectivity index (χ4n) is 2.09. The summed E-state index contributed by atoms with van der Waals surface area (Å²) in [6.45, 7) is 3.92. The number of carbonyl (C=O) groups excluding carboxylic acids is 1. The molecule has 8 heteroatoms. The lowest BCUT2D eigenvalue weighted by Crippen LogP contribution is -2.40. The van der Waals surface area contributed by atoms with Gasteiger partial charge in [0.2, 0.25) is 0 Å². The van der Waals surface area contributed by atoms with Gasteiger partial charge in [0.25, 0.3) is 0 Å². The van der Waals surface area contributed by atoms with Crippen LogP contribution in [0.1, 0.15) is 37.9 Å². The van der Waals surface area contributed by atoms with Gasteiger partial charge in [-0.1, -0.05) is 13.3 Å². The highest BCUT2D eigenvalue weighted by Gasteiger charge is 2.32. The molecule has 0 bridgehead atoms. The van der Waals surface area contributed by atoms with E-state index >= 15 is 0 Å². The highest BCUT2D eigenvalue weighted by atomic mass is 19.4. The average Bonchev–Trinajstić information content (AvgIpc) is 2.48. The molecule has 1 aromatic heterocycles. The predicted octanol–water partition coefficient (Wildman–Crippen LogP) is 2.70. The van der Waals surface area contributed by atoms with Crippen molar-refractivity contribution in [1.29, 1.82) is 0 Å². The van der Waals surface area contributed by atoms with Crippen LogP contribution in [0.25, 0.3) is 0 Å². The molecule has 2 atom stereocenters. The summed E-state index contributed by atoms with van der Waals surface area (Å²) in [5.74, 6) is -0.0523. The zero-order chi connectivity index (χ0) is 17.5. The van der Waals surface area contributed by atoms with Crippen molar-refractivity contribution in [3.8, 4) is 0 Å². The number of pyridine rings is 1. The van der Waals surface area contributed by atoms with Crippen molar-refractivity contribution in [2.45, 2.75) is 45.5 Å². The molecule has 0 aromatic carbocycles. The van der Waals surface area contributed by atoms with Gasteiger partial charge in [0.15, 0.2) is 0 Å². The van der Waals surface area contributed by atoms with E-state index in [1.807, 2.05) is 6.92 Å². The number of aromatic nitrogens is 1. The van der Waals surface area contributed by atoms with Gasteiger partial charge in [-0.05, 0) is 31.0 Å². The van der Waals surface area contributed by atoms with Gasteiger partial charge in [0.1, 0.15) is 5.69 Å². The van der Waals surface area contributed by atoms with Gasteiger partial charge in [-0.3, -0.25) is 4.98 Å². The molecule has 2 amide bonds. The molecule has 130 valence electrons. The monoisotopic (exact) mass is 333 g/mol. The maximum absolute atomic E-state index is 12.5. The number of urea groups is 1. The van der Waals surface area contributed by atoms with Crippen molar-refractivity contribution in [2.24, 2.45) is 5.92 Å². The number of hydrogen-bond acceptors (Lipinski definition) is 3. The van der Waals surface area contributed by atoms with E-state index in [0.717, 1.165) is 25.1 Å². The number of rotatable bonds is 7. The molecule has 3 N–H and O–H groups in total. The lowest BCUT2D eigenvalue weighted by atomic mass is 9.98. The summed E-state index contributed by atoms with van der Waals surface area (Å²) in [7, 11) is 0. The third kappa shape index (κ3) is 6.85. The molecule has 1 heterocycles. The summed E-state index contributed by atoms with van der Waals surface area (Å²) in [6.07, 6.45) is -2.33. The lowest BCUT2D eigenvalue weighted by Gasteiger charge is -2.19. The standard InChI is InChI=1S/C15H22F3N3O2/c1-3-4-12(10(2)22)9-21-14(23)20-8-11-5-6-19-13(7-11)15(16,17)18/h5-7,10,12,22H,3-4,8-9H2,1-2H3,(H2,20,21,23). The maximum atomic E-state index is 12.5. The van der Waals surface area contributed by atoms with Gasteiger partial charge >= 0.3 is 12.2 Å². The molecular formula is C15H22F3N3O2. The van der Waals surface area contributed by atoms with E-state index in [0.29, 0.717) is 12.1 Å². The zero-order valence-electron chi connectivity index (χ0n) is 13.2. The Morgan fingerprint density at radius 2 is 2.09 bits per heavy atom. The molecule has 0 saturated carbocycles. The Hall–Kier alpha value is -1.83. The van der Waals surface area contributed by atoms with Crippen molar-refractivity contribution in [2.75, 3.05) is 6.54 Å². The molecule has 0 aliphatic heterocycles. The molecular weight excluding hydrogens is 311 g/mol. The summed E-state index contributed by atoms with van der Waals surface area (Å²) >= 11 is 0. The first kappa shape index (κ1) is 19.2. The average molecular weight is 333 g/mol. The number of aliphatic hydroxyl groups excluding tert-OH is 1. The predicted molar refractivity (Wildman–Crippen MR) is 79.6 cm³/mol. The third-order valence-corrected chi connectivity index (χ3v) is 3.43. The molecule has 1 rings (SSSR count). The number of nitrogens with zero attached hydrogens (tertiary/aromatic N) is 1. The molecule has 1 aromatic rings. The summed E-state index contributed by atoms with van der Waals surface area (Å²) in [4.78, 5) is 14.9. The number of amides is 2. The second kappa shape index (κ2) is 8.71. The molecule has 0 fully saturated rings. The molecule has 23 heavy (non-hydrogen) atoms. The minimum absolute atomic E-state index is 0.0371. The van der Waals surface area contributed by atoms with E-state index in [1.165, 1.54) is 6.07 Å². The van der Waals surface area contributed by atoms with Crippen LogP contribution in [-0.2, 0) is 12.7 Å². The minimum Gasteiger partial charge on any atom is -0.393 e. The number of carbonyl (C=O) groups is 1. The second-order valence-corrected chi connectivity index (χ2v) is 5.40. The first-order chi connectivity index (χ1) is 10.7. The van der Waals surface area contributed by atoms with Crippen molar-refractivity contribution >= 4 is 6.03 Å². The highest BCUT2D eigenvalue weighted by molar-refractivity contribution is 5.73. The third-order valence-electron chi connectivity index (χ3n) is 3.43. The van der Waals surface area contributed by atoms with E-state index in [4.69, 9.17) is 0 Å². The normalized spacial score (nSPS) is 14.2. The van der Waals surface area contributed by atoms with E-state index < -0.39 is 24.0 Å². The topological polar surface area (TPSA) is 74.2 Å². The quantitative estimate of drug-likeness (QED) is 0.718. The van der Waals surface area contributed by atoms with Crippen LogP contribution >= 0.6 is 0 Å². The van der Waals surface area contributed by atoms with Crippen LogP contribution in [0.5, 0.6) is 0 Å². The highest BCUT2D eigenvalue weighted by Crippen LogP contribution is 2.27. The fourth-order valence-corrected chi connectivity index (χ4v) is 2.09. The molecule has 0 aliphatic carbocycles. The molecule has 0 aliphatic rings. The summed E-state index contributed by atoms with van der Waals surface area (Å²) in [5.41, 5.74) is -0.683. The summed E-state index contributed by atoms with van der Waals surface area (Å²) in [6, 6.07) is 1.82. The van der Waals surface area contributed by atoms with Gasteiger partial charge in [-0.25, -0.2) is 4.79 Å². The first-order valence-corrected chi connectivity index (χ1v) is 7.46. The van der Waals surface area contributed by atoms with Gasteiger partial charge < -0.3 is 15.7 Å². The van der Waals surface area contributed by atoms with Crippen molar-refractivity contribution in [3.63, 3.8) is 0 Å². The SMILES string of the molecule is CCCC(CNC(=O)NCc1ccnc(C(F)(F)F)c1)C(C)O. The molecule has 2 unspecified atom stereocenters. The first-order valence-electron chi connectivity index (χ1n) is 7.46. The molecule has 0 spiro atoms. The van der Waals surface area contributed by atoms with Crippen molar-refractivity contribution in [3.05, 3.63) is 29.6 Å². The van der Waals surface area contributed by atoms with Crippen LogP contribution in [0.2, 0.25) is 0 Å². The van der Waals surface area contributed by atoms with Crippen LogP contribution in [0.3, 0.4) is 0 Å². The second-order valence-electron chi connectivity index (χ2n) is 5.40. The smallest absolute Gasteiger partial charge is 0.393 e. The number of halogens is 3. The lowest BCUT2D eigenvalue weighted by molar-refractivity contribution is -0.141. The fraction of sp³-hybridized carbons (Fsp3) is 0.600. The van der Waals surface area contributed by atoms with Crippen LogP contribution in [0, 0.1) is 5.92 Å². The zero-order valence-corrected chi connectivity index (χ0v) is 13.2. The maximum Gasteiger partial charge on any atom is 0.433 e. The summed E-state index contributed by atoms with van der Waals surface area (Å²) in [5, 5.41) is 14.7. The van der Waals surface area contributed by atoms with Crippen LogP contribution in [-0.4, -0.2) is 28.8 Å². The van der Waals surface area contributed by atoms with Crippen LogP contribution in [0.15, 0.2) is 18.3 Å². The van der Waals surface area contributed by atoms with Gasteiger partial charge in [-0.2, -0.15) is 13.2 Å². The van der Waals surface area contributed by atoms with Gasteiger partial charge in [0, 0.05) is 25.2 Å². The van der Waals surface area contributed by atoms with E-state index in [2.05, 4.69) is 15.6 Å². The summed E-state index contributed by atoms with van der Waals surface area (Å²) < 4.78 is 37.6. The Labute approximate surface area is 133 Å². The Kier molecular flexibility index (Phi) is 7.28. The Balaban J connectivity index is 2.47. The number of hydrogen-bond donors (Lipinski definition) is 3. The molecule has 5 nitrogen and oxygen atoms in total. The Morgan fingerprint density at radius 3 is 2.65 bits per heavy atom. The molecule has 0 radical (unpaired) electrons. The number of aliphatic hydroxyl groups is 1. The largest absolute Gasteiger partial charge is 0.433 e.